The summed E-state index contributed by atoms with van der Waals surface area (Å²) in [6.07, 6.45) is 0. The number of fused-ring (bicyclic) bond motifs is 2. The Bertz CT molecular complexity index is 1490. The Kier molecular flexibility index (Phi) is 6.18. The van der Waals surface area contributed by atoms with Gasteiger partial charge in [-0.1, -0.05) is 12.1 Å². The second-order valence-corrected chi connectivity index (χ2v) is 10.3. The number of rotatable bonds is 3. The first-order valence-electron chi connectivity index (χ1n) is 13.0. The van der Waals surface area contributed by atoms with Gasteiger partial charge in [0.15, 0.2) is 13.1 Å². The van der Waals surface area contributed by atoms with Crippen molar-refractivity contribution in [1.82, 2.24) is 14.4 Å². The van der Waals surface area contributed by atoms with Crippen molar-refractivity contribution in [3.8, 4) is 22.5 Å². The van der Waals surface area contributed by atoms with Crippen molar-refractivity contribution in [1.29, 1.82) is 0 Å². The van der Waals surface area contributed by atoms with Gasteiger partial charge in [-0.2, -0.15) is 0 Å². The molecule has 0 atom stereocenters. The second-order valence-electron chi connectivity index (χ2n) is 10.3. The predicted octanol–water partition coefficient (Wildman–Crippen LogP) is 3.37. The number of hydrogen-bond donors (Lipinski definition) is 1. The summed E-state index contributed by atoms with van der Waals surface area (Å²) in [6, 6.07) is 20.2. The van der Waals surface area contributed by atoms with Crippen LogP contribution in [0.25, 0.3) is 33.4 Å². The van der Waals surface area contributed by atoms with Crippen LogP contribution in [0.3, 0.4) is 0 Å². The smallest absolute Gasteiger partial charge is 0.335 e. The third-order valence-electron chi connectivity index (χ3n) is 7.85. The molecule has 0 bridgehead atoms. The minimum absolute atomic E-state index is 0.285. The van der Waals surface area contributed by atoms with E-state index in [2.05, 4.69) is 69.8 Å². The molecule has 2 fully saturated rings. The highest BCUT2D eigenvalue weighted by Gasteiger charge is 2.22. The molecule has 1 aliphatic carbocycles. The van der Waals surface area contributed by atoms with Crippen molar-refractivity contribution in [3.63, 3.8) is 0 Å². The van der Waals surface area contributed by atoms with E-state index in [1.165, 1.54) is 11.0 Å². The summed E-state index contributed by atoms with van der Waals surface area (Å²) in [5.74, 6) is -0.0743. The minimum atomic E-state index is -0.919. The van der Waals surface area contributed by atoms with Crippen LogP contribution in [-0.2, 0) is 0 Å². The van der Waals surface area contributed by atoms with E-state index in [1.54, 1.807) is 12.1 Å². The standard InChI is InChI=1S/C30H32N4O3/c1-31-11-15-33(16-12-31)23-7-9-25-27(19-23)37-28-20-24(34-17-13-32(2)14-18-34)8-10-26(28)29(25)21-3-5-22(6-4-21)30(35)36/h3-10,19-20H,11-18H2,1-2H3/p+1. The monoisotopic (exact) mass is 497 g/mol. The van der Waals surface area contributed by atoms with Gasteiger partial charge in [0, 0.05) is 60.5 Å². The molecular weight excluding hydrogens is 464 g/mol. The Morgan fingerprint density at radius 2 is 1.54 bits per heavy atom. The molecule has 190 valence electrons. The highest BCUT2D eigenvalue weighted by atomic mass is 16.4. The number of piperazine rings is 2. The summed E-state index contributed by atoms with van der Waals surface area (Å²) in [5, 5.41) is 11.6. The first kappa shape index (κ1) is 23.7. The first-order chi connectivity index (χ1) is 18.0. The van der Waals surface area contributed by atoms with E-state index in [0.29, 0.717) is 0 Å². The van der Waals surface area contributed by atoms with Crippen LogP contribution in [0.15, 0.2) is 65.1 Å². The average Bonchev–Trinajstić information content (AvgIpc) is 2.92. The fourth-order valence-corrected chi connectivity index (χ4v) is 5.48. The van der Waals surface area contributed by atoms with Crippen molar-refractivity contribution in [2.75, 3.05) is 71.4 Å². The second kappa shape index (κ2) is 9.65. The Morgan fingerprint density at radius 1 is 0.838 bits per heavy atom. The number of carboxylic acids is 1. The highest BCUT2D eigenvalue weighted by molar-refractivity contribution is 6.03. The Morgan fingerprint density at radius 3 is 2.24 bits per heavy atom. The molecule has 6 rings (SSSR count). The lowest BCUT2D eigenvalue weighted by atomic mass is 9.93. The molecule has 0 aromatic heterocycles. The molecule has 3 heterocycles. The average molecular weight is 498 g/mol. The van der Waals surface area contributed by atoms with E-state index >= 15 is 0 Å². The Balaban J connectivity index is 1.53. The van der Waals surface area contributed by atoms with Crippen LogP contribution < -0.4 is 14.8 Å². The lowest BCUT2D eigenvalue weighted by molar-refractivity contribution is 0.0697. The molecule has 0 radical (unpaired) electrons. The van der Waals surface area contributed by atoms with Crippen molar-refractivity contribution in [2.24, 2.45) is 0 Å². The largest absolute Gasteiger partial charge is 0.478 e. The number of aromatic carboxylic acids is 1. The molecule has 37 heavy (non-hydrogen) atoms. The van der Waals surface area contributed by atoms with Gasteiger partial charge in [0.25, 0.3) is 0 Å². The number of benzene rings is 3. The molecule has 4 aliphatic rings. The zero-order valence-electron chi connectivity index (χ0n) is 21.5. The van der Waals surface area contributed by atoms with Crippen LogP contribution >= 0.6 is 0 Å². The summed E-state index contributed by atoms with van der Waals surface area (Å²) in [4.78, 5) is 18.6. The quantitative estimate of drug-likeness (QED) is 0.346. The number of anilines is 1. The fourth-order valence-electron chi connectivity index (χ4n) is 5.48. The maximum Gasteiger partial charge on any atom is 0.335 e. The Labute approximate surface area is 216 Å². The molecule has 2 aromatic rings. The number of likely N-dealkylation sites (N-methyl/N-ethyl adjacent to an activating group) is 2. The lowest BCUT2D eigenvalue weighted by Crippen LogP contribution is -2.46. The van der Waals surface area contributed by atoms with Crippen LogP contribution in [0.5, 0.6) is 0 Å². The third kappa shape index (κ3) is 4.61. The molecule has 1 N–H and O–H groups in total. The van der Waals surface area contributed by atoms with E-state index in [1.807, 2.05) is 12.1 Å². The van der Waals surface area contributed by atoms with Crippen molar-refractivity contribution < 1.29 is 14.3 Å². The van der Waals surface area contributed by atoms with Crippen molar-refractivity contribution in [2.45, 2.75) is 0 Å². The summed E-state index contributed by atoms with van der Waals surface area (Å²) < 4.78 is 9.03. The molecule has 0 spiro atoms. The number of nitrogens with zero attached hydrogens (tertiary/aromatic N) is 4. The normalized spacial score (nSPS) is 17.6. The minimum Gasteiger partial charge on any atom is -0.478 e. The van der Waals surface area contributed by atoms with Crippen LogP contribution in [0.1, 0.15) is 10.4 Å². The third-order valence-corrected chi connectivity index (χ3v) is 7.85. The van der Waals surface area contributed by atoms with E-state index in [9.17, 15) is 9.90 Å². The summed E-state index contributed by atoms with van der Waals surface area (Å²) in [7, 11) is 4.33. The lowest BCUT2D eigenvalue weighted by Gasteiger charge is -2.34. The molecule has 3 aliphatic heterocycles. The maximum atomic E-state index is 11.5. The van der Waals surface area contributed by atoms with Crippen molar-refractivity contribution in [3.05, 3.63) is 71.6 Å². The molecule has 7 heteroatoms. The van der Waals surface area contributed by atoms with Gasteiger partial charge in [-0.25, -0.2) is 9.37 Å². The zero-order chi connectivity index (χ0) is 25.5. The molecular formula is C30H33N4O3+. The van der Waals surface area contributed by atoms with E-state index in [4.69, 9.17) is 4.42 Å². The maximum absolute atomic E-state index is 11.5. The molecule has 7 nitrogen and oxygen atoms in total. The molecule has 2 saturated heterocycles. The molecule has 2 aromatic carbocycles. The number of carbonyl (C=O) groups is 1. The molecule has 0 amide bonds. The predicted molar refractivity (Wildman–Crippen MR) is 147 cm³/mol. The van der Waals surface area contributed by atoms with Gasteiger partial charge in [-0.3, -0.25) is 4.90 Å². The van der Waals surface area contributed by atoms with Crippen LogP contribution in [0.4, 0.5) is 5.69 Å². The van der Waals surface area contributed by atoms with E-state index < -0.39 is 5.97 Å². The van der Waals surface area contributed by atoms with Gasteiger partial charge in [0.2, 0.25) is 5.36 Å². The summed E-state index contributed by atoms with van der Waals surface area (Å²) in [6.45, 7) is 8.15. The van der Waals surface area contributed by atoms with Crippen LogP contribution in [0, 0.1) is 0 Å². The number of carboxylic acid groups (broad SMARTS) is 1. The fraction of sp³-hybridized carbons (Fsp3) is 0.333. The van der Waals surface area contributed by atoms with E-state index in [0.717, 1.165) is 85.8 Å². The SMILES string of the molecule is CN1CCN(c2ccc3c(-c4ccc(C(=O)O)cc4)c4ccc(=[N+]5CCN(C)CC5)cc-4oc3c2)CC1. The van der Waals surface area contributed by atoms with E-state index in [-0.39, 0.29) is 5.56 Å². The Hall–Kier alpha value is -3.68. The number of hydrogen-bond acceptors (Lipinski definition) is 5. The topological polar surface area (TPSA) is 63.2 Å². The van der Waals surface area contributed by atoms with Gasteiger partial charge in [0.05, 0.1) is 24.7 Å². The van der Waals surface area contributed by atoms with Gasteiger partial charge < -0.3 is 19.3 Å². The zero-order valence-corrected chi connectivity index (χ0v) is 21.5. The van der Waals surface area contributed by atoms with Crippen LogP contribution in [-0.4, -0.2) is 87.3 Å². The van der Waals surface area contributed by atoms with Crippen LogP contribution in [0.2, 0.25) is 0 Å². The van der Waals surface area contributed by atoms with Gasteiger partial charge in [-0.05, 0) is 50.0 Å². The first-order valence-corrected chi connectivity index (χ1v) is 13.0. The van der Waals surface area contributed by atoms with Gasteiger partial charge in [0.1, 0.15) is 11.3 Å². The molecule has 0 unspecified atom stereocenters. The summed E-state index contributed by atoms with van der Waals surface area (Å²) in [5.41, 5.74) is 5.38. The van der Waals surface area contributed by atoms with Gasteiger partial charge >= 0.3 is 5.97 Å². The van der Waals surface area contributed by atoms with Gasteiger partial charge in [-0.15, -0.1) is 0 Å². The highest BCUT2D eigenvalue weighted by Crippen LogP contribution is 2.41. The van der Waals surface area contributed by atoms with Crippen molar-refractivity contribution >= 4 is 22.6 Å². The summed E-state index contributed by atoms with van der Waals surface area (Å²) >= 11 is 0. The molecule has 0 saturated carbocycles.